The highest BCUT2D eigenvalue weighted by Gasteiger charge is 2.10. The second-order valence-corrected chi connectivity index (χ2v) is 4.70. The van der Waals surface area contributed by atoms with Gasteiger partial charge in [-0.1, -0.05) is 11.6 Å². The molecule has 0 amide bonds. The van der Waals surface area contributed by atoms with E-state index in [9.17, 15) is 4.79 Å². The molecule has 0 radical (unpaired) electrons. The van der Waals surface area contributed by atoms with Gasteiger partial charge >= 0.3 is 5.97 Å². The van der Waals surface area contributed by atoms with Crippen LogP contribution in [0.2, 0.25) is 5.02 Å². The van der Waals surface area contributed by atoms with Crippen molar-refractivity contribution in [2.45, 2.75) is 6.54 Å². The van der Waals surface area contributed by atoms with Crippen LogP contribution in [0.5, 0.6) is 0 Å². The third kappa shape index (κ3) is 2.99. The Hall–Kier alpha value is -1.52. The van der Waals surface area contributed by atoms with E-state index in [-0.39, 0.29) is 5.56 Å². The van der Waals surface area contributed by atoms with Gasteiger partial charge in [0.05, 0.1) is 5.56 Å². The zero-order valence-electron chi connectivity index (χ0n) is 8.81. The highest BCUT2D eigenvalue weighted by atomic mass is 35.5. The van der Waals surface area contributed by atoms with Gasteiger partial charge in [0.2, 0.25) is 0 Å². The second-order valence-electron chi connectivity index (χ2n) is 3.48. The molecular weight excluding hydrogens is 258 g/mol. The molecule has 88 valence electrons. The van der Waals surface area contributed by atoms with Crippen LogP contribution in [0, 0.1) is 0 Å². The van der Waals surface area contributed by atoms with Gasteiger partial charge in [0, 0.05) is 17.3 Å². The molecule has 0 atom stereocenters. The van der Waals surface area contributed by atoms with Gasteiger partial charge in [-0.25, -0.2) is 4.79 Å². The lowest BCUT2D eigenvalue weighted by Crippen LogP contribution is -2.05. The first-order valence-electron chi connectivity index (χ1n) is 4.94. The highest BCUT2D eigenvalue weighted by molar-refractivity contribution is 7.07. The molecule has 0 aliphatic carbocycles. The molecule has 1 aromatic carbocycles. The Labute approximate surface area is 108 Å². The molecule has 0 aliphatic rings. The molecule has 0 fully saturated rings. The molecule has 0 saturated carbocycles. The zero-order valence-corrected chi connectivity index (χ0v) is 10.4. The van der Waals surface area contributed by atoms with Crippen molar-refractivity contribution in [3.8, 4) is 0 Å². The summed E-state index contributed by atoms with van der Waals surface area (Å²) in [4.78, 5) is 11.0. The normalized spacial score (nSPS) is 10.2. The summed E-state index contributed by atoms with van der Waals surface area (Å²) in [6.07, 6.45) is 0. The number of carboxylic acids is 1. The standard InChI is InChI=1S/C12H10ClNO2S/c13-9-1-2-11(10(5-9)12(15)16)14-6-8-3-4-17-7-8/h1-5,7,14H,6H2,(H,15,16). The average Bonchev–Trinajstić information content (AvgIpc) is 2.80. The predicted molar refractivity (Wildman–Crippen MR) is 70.1 cm³/mol. The quantitative estimate of drug-likeness (QED) is 0.888. The van der Waals surface area contributed by atoms with E-state index in [1.165, 1.54) is 6.07 Å². The van der Waals surface area contributed by atoms with Crippen LogP contribution in [-0.2, 0) is 6.54 Å². The highest BCUT2D eigenvalue weighted by Crippen LogP contribution is 2.21. The van der Waals surface area contributed by atoms with Crippen LogP contribution in [0.25, 0.3) is 0 Å². The summed E-state index contributed by atoms with van der Waals surface area (Å²) in [6.45, 7) is 0.603. The molecule has 17 heavy (non-hydrogen) atoms. The van der Waals surface area contributed by atoms with Crippen molar-refractivity contribution in [3.05, 3.63) is 51.2 Å². The molecule has 0 spiro atoms. The van der Waals surface area contributed by atoms with E-state index in [1.807, 2.05) is 16.8 Å². The summed E-state index contributed by atoms with van der Waals surface area (Å²) in [7, 11) is 0. The van der Waals surface area contributed by atoms with Crippen molar-refractivity contribution in [1.29, 1.82) is 0 Å². The third-order valence-electron chi connectivity index (χ3n) is 2.28. The van der Waals surface area contributed by atoms with Crippen molar-refractivity contribution < 1.29 is 9.90 Å². The maximum absolute atomic E-state index is 11.0. The van der Waals surface area contributed by atoms with Gasteiger partial charge in [-0.2, -0.15) is 11.3 Å². The third-order valence-corrected chi connectivity index (χ3v) is 3.24. The molecule has 0 bridgehead atoms. The van der Waals surface area contributed by atoms with E-state index in [2.05, 4.69) is 5.32 Å². The number of benzene rings is 1. The van der Waals surface area contributed by atoms with E-state index >= 15 is 0 Å². The number of carboxylic acid groups (broad SMARTS) is 1. The lowest BCUT2D eigenvalue weighted by Gasteiger charge is -2.09. The molecule has 1 aromatic heterocycles. The maximum Gasteiger partial charge on any atom is 0.337 e. The number of carbonyl (C=O) groups is 1. The molecular formula is C12H10ClNO2S. The number of rotatable bonds is 4. The van der Waals surface area contributed by atoms with Gasteiger partial charge in [0.15, 0.2) is 0 Å². The molecule has 0 aliphatic heterocycles. The summed E-state index contributed by atoms with van der Waals surface area (Å²) in [5.41, 5.74) is 1.89. The summed E-state index contributed by atoms with van der Waals surface area (Å²) in [5.74, 6) is -0.986. The van der Waals surface area contributed by atoms with Gasteiger partial charge in [0.1, 0.15) is 0 Å². The Bertz CT molecular complexity index is 525. The summed E-state index contributed by atoms with van der Waals surface area (Å²) in [6, 6.07) is 6.79. The number of hydrogen-bond acceptors (Lipinski definition) is 3. The predicted octanol–water partition coefficient (Wildman–Crippen LogP) is 3.71. The Morgan fingerprint density at radius 1 is 1.41 bits per heavy atom. The van der Waals surface area contributed by atoms with Crippen LogP contribution in [0.4, 0.5) is 5.69 Å². The fourth-order valence-corrected chi connectivity index (χ4v) is 2.28. The van der Waals surface area contributed by atoms with Gasteiger partial charge in [-0.05, 0) is 40.6 Å². The fourth-order valence-electron chi connectivity index (χ4n) is 1.44. The van der Waals surface area contributed by atoms with Crippen molar-refractivity contribution in [1.82, 2.24) is 0 Å². The van der Waals surface area contributed by atoms with Crippen LogP contribution in [0.15, 0.2) is 35.0 Å². The smallest absolute Gasteiger partial charge is 0.337 e. The molecule has 2 rings (SSSR count). The minimum absolute atomic E-state index is 0.188. The van der Waals surface area contributed by atoms with Crippen LogP contribution in [-0.4, -0.2) is 11.1 Å². The SMILES string of the molecule is O=C(O)c1cc(Cl)ccc1NCc1ccsc1. The van der Waals surface area contributed by atoms with Crippen molar-refractivity contribution in [2.24, 2.45) is 0 Å². The van der Waals surface area contributed by atoms with E-state index in [0.717, 1.165) is 5.56 Å². The van der Waals surface area contributed by atoms with Crippen molar-refractivity contribution in [2.75, 3.05) is 5.32 Å². The first kappa shape index (κ1) is 12.0. The summed E-state index contributed by atoms with van der Waals surface area (Å²) in [5, 5.41) is 16.6. The van der Waals surface area contributed by atoms with Crippen LogP contribution in [0.1, 0.15) is 15.9 Å². The number of thiophene rings is 1. The van der Waals surface area contributed by atoms with E-state index in [4.69, 9.17) is 16.7 Å². The fraction of sp³-hybridized carbons (Fsp3) is 0.0833. The number of hydrogen-bond donors (Lipinski definition) is 2. The first-order chi connectivity index (χ1) is 8.16. The van der Waals surface area contributed by atoms with Crippen LogP contribution >= 0.6 is 22.9 Å². The van der Waals surface area contributed by atoms with Gasteiger partial charge < -0.3 is 10.4 Å². The lowest BCUT2D eigenvalue weighted by molar-refractivity contribution is 0.0698. The summed E-state index contributed by atoms with van der Waals surface area (Å²) < 4.78 is 0. The molecule has 2 N–H and O–H groups in total. The number of aromatic carboxylic acids is 1. The number of nitrogens with one attached hydrogen (secondary N) is 1. The van der Waals surface area contributed by atoms with Crippen molar-refractivity contribution >= 4 is 34.6 Å². The van der Waals surface area contributed by atoms with Crippen LogP contribution < -0.4 is 5.32 Å². The number of anilines is 1. The Kier molecular flexibility index (Phi) is 3.66. The van der Waals surface area contributed by atoms with Crippen LogP contribution in [0.3, 0.4) is 0 Å². The van der Waals surface area contributed by atoms with Gasteiger partial charge in [0.25, 0.3) is 0 Å². The Morgan fingerprint density at radius 2 is 2.24 bits per heavy atom. The van der Waals surface area contributed by atoms with E-state index in [1.54, 1.807) is 23.5 Å². The zero-order chi connectivity index (χ0) is 12.3. The molecule has 0 unspecified atom stereocenters. The van der Waals surface area contributed by atoms with Gasteiger partial charge in [-0.15, -0.1) is 0 Å². The lowest BCUT2D eigenvalue weighted by atomic mass is 10.1. The summed E-state index contributed by atoms with van der Waals surface area (Å²) >= 11 is 7.38. The minimum atomic E-state index is -0.986. The molecule has 3 nitrogen and oxygen atoms in total. The molecule has 5 heteroatoms. The monoisotopic (exact) mass is 267 g/mol. The molecule has 0 saturated heterocycles. The second kappa shape index (κ2) is 5.21. The average molecular weight is 268 g/mol. The van der Waals surface area contributed by atoms with E-state index in [0.29, 0.717) is 17.3 Å². The van der Waals surface area contributed by atoms with E-state index < -0.39 is 5.97 Å². The maximum atomic E-state index is 11.0. The van der Waals surface area contributed by atoms with Crippen molar-refractivity contribution in [3.63, 3.8) is 0 Å². The Morgan fingerprint density at radius 3 is 2.88 bits per heavy atom. The largest absolute Gasteiger partial charge is 0.478 e. The molecule has 2 aromatic rings. The minimum Gasteiger partial charge on any atom is -0.478 e. The Balaban J connectivity index is 2.17. The van der Waals surface area contributed by atoms with Gasteiger partial charge in [-0.3, -0.25) is 0 Å². The first-order valence-corrected chi connectivity index (χ1v) is 6.26. The molecule has 1 heterocycles. The number of halogens is 1. The topological polar surface area (TPSA) is 49.3 Å².